The molecule has 17 heavy (non-hydrogen) atoms. The Balaban J connectivity index is 2.71. The number of amides is 1. The molecule has 0 aromatic heterocycles. The third-order valence-corrected chi connectivity index (χ3v) is 2.47. The Bertz CT molecular complexity index is 416. The van der Waals surface area contributed by atoms with Crippen LogP contribution in [0.3, 0.4) is 0 Å². The first kappa shape index (κ1) is 13.4. The number of nitrogens with one attached hydrogen (secondary N) is 1. The molecule has 0 aliphatic carbocycles. The van der Waals surface area contributed by atoms with Gasteiger partial charge >= 0.3 is 0 Å². The van der Waals surface area contributed by atoms with Gasteiger partial charge in [0.1, 0.15) is 0 Å². The number of hydrogen-bond acceptors (Lipinski definition) is 3. The molecule has 0 saturated heterocycles. The molecule has 1 amide bonds. The third kappa shape index (κ3) is 4.00. The molecule has 0 heterocycles. The van der Waals surface area contributed by atoms with Crippen molar-refractivity contribution in [1.82, 2.24) is 0 Å². The smallest absolute Gasteiger partial charge is 0.241 e. The Labute approximate surface area is 101 Å². The van der Waals surface area contributed by atoms with Crippen molar-refractivity contribution in [1.29, 1.82) is 0 Å². The van der Waals surface area contributed by atoms with E-state index in [0.29, 0.717) is 17.7 Å². The van der Waals surface area contributed by atoms with Crippen molar-refractivity contribution in [2.24, 2.45) is 5.73 Å². The lowest BCUT2D eigenvalue weighted by atomic mass is 10.1. The number of carbonyl (C=O) groups is 2. The Hall–Kier alpha value is -1.68. The van der Waals surface area contributed by atoms with Gasteiger partial charge in [-0.1, -0.05) is 25.5 Å². The second-order valence-electron chi connectivity index (χ2n) is 4.02. The summed E-state index contributed by atoms with van der Waals surface area (Å²) in [5.41, 5.74) is 6.88. The van der Waals surface area contributed by atoms with E-state index in [9.17, 15) is 9.59 Å². The van der Waals surface area contributed by atoms with Gasteiger partial charge in [0.2, 0.25) is 5.91 Å². The number of ketones is 1. The molecule has 0 saturated carbocycles. The maximum absolute atomic E-state index is 11.7. The number of rotatable bonds is 5. The minimum absolute atomic E-state index is 0.0287. The molecule has 0 spiro atoms. The summed E-state index contributed by atoms with van der Waals surface area (Å²) < 4.78 is 0. The molecular formula is C13H18N2O2. The molecule has 1 rings (SSSR count). The van der Waals surface area contributed by atoms with E-state index in [1.54, 1.807) is 24.3 Å². The van der Waals surface area contributed by atoms with Gasteiger partial charge in [-0.25, -0.2) is 0 Å². The zero-order chi connectivity index (χ0) is 12.8. The molecule has 1 atom stereocenters. The molecule has 1 aromatic carbocycles. The van der Waals surface area contributed by atoms with E-state index in [1.165, 1.54) is 6.92 Å². The second kappa shape index (κ2) is 6.15. The van der Waals surface area contributed by atoms with E-state index in [0.717, 1.165) is 6.42 Å². The number of carbonyl (C=O) groups excluding carboxylic acids is 2. The molecule has 4 heteroatoms. The highest BCUT2D eigenvalue weighted by molar-refractivity contribution is 5.98. The summed E-state index contributed by atoms with van der Waals surface area (Å²) in [4.78, 5) is 22.8. The van der Waals surface area contributed by atoms with Gasteiger partial charge < -0.3 is 11.1 Å². The van der Waals surface area contributed by atoms with Crippen molar-refractivity contribution in [3.05, 3.63) is 29.8 Å². The van der Waals surface area contributed by atoms with Crippen molar-refractivity contribution in [3.8, 4) is 0 Å². The average molecular weight is 234 g/mol. The lowest BCUT2D eigenvalue weighted by molar-refractivity contribution is -0.117. The topological polar surface area (TPSA) is 72.2 Å². The van der Waals surface area contributed by atoms with E-state index in [1.807, 2.05) is 6.92 Å². The van der Waals surface area contributed by atoms with Crippen LogP contribution in [0.2, 0.25) is 0 Å². The predicted octanol–water partition coefficient (Wildman–Crippen LogP) is 1.96. The first-order valence-electron chi connectivity index (χ1n) is 5.72. The van der Waals surface area contributed by atoms with Crippen molar-refractivity contribution >= 4 is 17.4 Å². The fraction of sp³-hybridized carbons (Fsp3) is 0.385. The summed E-state index contributed by atoms with van der Waals surface area (Å²) in [7, 11) is 0. The minimum Gasteiger partial charge on any atom is -0.325 e. The standard InChI is InChI=1S/C13H18N2O2/c1-3-5-12(14)13(17)15-11-7-4-6-10(8-11)9(2)16/h4,6-8,12H,3,5,14H2,1-2H3,(H,15,17)/t12-/m0/s1. The molecule has 0 unspecified atom stereocenters. The maximum Gasteiger partial charge on any atom is 0.241 e. The molecule has 0 radical (unpaired) electrons. The van der Waals surface area contributed by atoms with Crippen LogP contribution in [0.5, 0.6) is 0 Å². The monoisotopic (exact) mass is 234 g/mol. The largest absolute Gasteiger partial charge is 0.325 e. The first-order chi connectivity index (χ1) is 8.04. The lowest BCUT2D eigenvalue weighted by Gasteiger charge is -2.11. The van der Waals surface area contributed by atoms with Crippen LogP contribution < -0.4 is 11.1 Å². The van der Waals surface area contributed by atoms with Gasteiger partial charge in [0.05, 0.1) is 6.04 Å². The zero-order valence-electron chi connectivity index (χ0n) is 10.2. The second-order valence-corrected chi connectivity index (χ2v) is 4.02. The highest BCUT2D eigenvalue weighted by Crippen LogP contribution is 2.11. The van der Waals surface area contributed by atoms with Gasteiger partial charge in [-0.05, 0) is 25.5 Å². The van der Waals surface area contributed by atoms with Crippen molar-refractivity contribution in [3.63, 3.8) is 0 Å². The minimum atomic E-state index is -0.499. The number of hydrogen-bond donors (Lipinski definition) is 2. The molecular weight excluding hydrogens is 216 g/mol. The van der Waals surface area contributed by atoms with Crippen LogP contribution in [0, 0.1) is 0 Å². The Morgan fingerprint density at radius 1 is 1.41 bits per heavy atom. The molecule has 0 aliphatic heterocycles. The summed E-state index contributed by atoms with van der Waals surface area (Å²) in [5, 5.41) is 2.71. The fourth-order valence-corrected chi connectivity index (χ4v) is 1.49. The summed E-state index contributed by atoms with van der Waals surface area (Å²) >= 11 is 0. The van der Waals surface area contributed by atoms with Crippen molar-refractivity contribution in [2.45, 2.75) is 32.7 Å². The first-order valence-corrected chi connectivity index (χ1v) is 5.72. The molecule has 0 fully saturated rings. The summed E-state index contributed by atoms with van der Waals surface area (Å²) in [5.74, 6) is -0.244. The van der Waals surface area contributed by atoms with Crippen molar-refractivity contribution in [2.75, 3.05) is 5.32 Å². The number of benzene rings is 1. The highest BCUT2D eigenvalue weighted by atomic mass is 16.2. The average Bonchev–Trinajstić information content (AvgIpc) is 2.29. The van der Waals surface area contributed by atoms with Crippen LogP contribution in [0.4, 0.5) is 5.69 Å². The van der Waals surface area contributed by atoms with E-state index in [2.05, 4.69) is 5.32 Å². The quantitative estimate of drug-likeness (QED) is 0.765. The van der Waals surface area contributed by atoms with Gasteiger partial charge in [0, 0.05) is 11.3 Å². The SMILES string of the molecule is CCC[C@H](N)C(=O)Nc1cccc(C(C)=O)c1. The van der Waals surface area contributed by atoms with Gasteiger partial charge in [-0.3, -0.25) is 9.59 Å². The molecule has 3 N–H and O–H groups in total. The van der Waals surface area contributed by atoms with Gasteiger partial charge in [0.15, 0.2) is 5.78 Å². The van der Waals surface area contributed by atoms with E-state index in [-0.39, 0.29) is 11.7 Å². The van der Waals surface area contributed by atoms with Gasteiger partial charge in [-0.15, -0.1) is 0 Å². The third-order valence-electron chi connectivity index (χ3n) is 2.47. The number of nitrogens with two attached hydrogens (primary N) is 1. The summed E-state index contributed by atoms with van der Waals surface area (Å²) in [6.45, 7) is 3.47. The van der Waals surface area contributed by atoms with Crippen LogP contribution in [0.25, 0.3) is 0 Å². The Morgan fingerprint density at radius 2 is 2.12 bits per heavy atom. The summed E-state index contributed by atoms with van der Waals surface area (Å²) in [6.07, 6.45) is 1.51. The van der Waals surface area contributed by atoms with Gasteiger partial charge in [0.25, 0.3) is 0 Å². The van der Waals surface area contributed by atoms with Crippen LogP contribution in [-0.4, -0.2) is 17.7 Å². The van der Waals surface area contributed by atoms with Crippen molar-refractivity contribution < 1.29 is 9.59 Å². The Kier molecular flexibility index (Phi) is 4.84. The molecule has 1 aromatic rings. The normalized spacial score (nSPS) is 11.9. The van der Waals surface area contributed by atoms with Gasteiger partial charge in [-0.2, -0.15) is 0 Å². The molecule has 4 nitrogen and oxygen atoms in total. The molecule has 92 valence electrons. The predicted molar refractivity (Wildman–Crippen MR) is 68.0 cm³/mol. The van der Waals surface area contributed by atoms with Crippen LogP contribution >= 0.6 is 0 Å². The van der Waals surface area contributed by atoms with E-state index in [4.69, 9.17) is 5.73 Å². The maximum atomic E-state index is 11.7. The highest BCUT2D eigenvalue weighted by Gasteiger charge is 2.12. The van der Waals surface area contributed by atoms with Crippen LogP contribution in [0.15, 0.2) is 24.3 Å². The molecule has 0 aliphatic rings. The Morgan fingerprint density at radius 3 is 2.71 bits per heavy atom. The van der Waals surface area contributed by atoms with Crippen LogP contribution in [0.1, 0.15) is 37.0 Å². The fourth-order valence-electron chi connectivity index (χ4n) is 1.49. The van der Waals surface area contributed by atoms with E-state index >= 15 is 0 Å². The lowest BCUT2D eigenvalue weighted by Crippen LogP contribution is -2.35. The van der Waals surface area contributed by atoms with Crippen LogP contribution in [-0.2, 0) is 4.79 Å². The number of Topliss-reactive ketones (excluding diaryl/α,β-unsaturated/α-hetero) is 1. The molecule has 0 bridgehead atoms. The van der Waals surface area contributed by atoms with E-state index < -0.39 is 6.04 Å². The number of anilines is 1. The zero-order valence-corrected chi connectivity index (χ0v) is 10.2. The summed E-state index contributed by atoms with van der Waals surface area (Å²) in [6, 6.07) is 6.34.